The fraction of sp³-hybridized carbons (Fsp3) is 0.417. The van der Waals surface area contributed by atoms with Gasteiger partial charge in [0.15, 0.2) is 23.2 Å². The zero-order chi connectivity index (χ0) is 26.8. The highest BCUT2D eigenvalue weighted by molar-refractivity contribution is 5.99. The van der Waals surface area contributed by atoms with Gasteiger partial charge >= 0.3 is 0 Å². The van der Waals surface area contributed by atoms with E-state index in [1.807, 2.05) is 0 Å². The molecule has 1 spiro atoms. The van der Waals surface area contributed by atoms with Gasteiger partial charge in [0.25, 0.3) is 11.8 Å². The maximum Gasteiger partial charge on any atom is 0.274 e. The molecule has 3 aliphatic heterocycles. The minimum absolute atomic E-state index is 0.0361. The maximum absolute atomic E-state index is 15.5. The Morgan fingerprint density at radius 1 is 1.27 bits per heavy atom. The van der Waals surface area contributed by atoms with Crippen molar-refractivity contribution in [3.05, 3.63) is 62.8 Å². The molecule has 1 fully saturated rings. The summed E-state index contributed by atoms with van der Waals surface area (Å²) in [6.45, 7) is 2.44. The number of carbonyl (C=O) groups excluding carboxylic acids is 2. The minimum Gasteiger partial charge on any atom is -0.503 e. The summed E-state index contributed by atoms with van der Waals surface area (Å²) in [6.07, 6.45) is -0.144. The van der Waals surface area contributed by atoms with Gasteiger partial charge in [0.1, 0.15) is 23.0 Å². The Balaban J connectivity index is 1.57. The molecule has 37 heavy (non-hydrogen) atoms. The van der Waals surface area contributed by atoms with Crippen molar-refractivity contribution in [1.29, 1.82) is 0 Å². The van der Waals surface area contributed by atoms with Gasteiger partial charge in [-0.3, -0.25) is 14.4 Å². The number of benzene rings is 1. The van der Waals surface area contributed by atoms with E-state index in [4.69, 9.17) is 4.84 Å². The van der Waals surface area contributed by atoms with Crippen LogP contribution in [0.4, 0.5) is 17.6 Å². The average molecular weight is 522 g/mol. The molecule has 2 N–H and O–H groups in total. The fourth-order valence-electron chi connectivity index (χ4n) is 5.27. The molecule has 2 bridgehead atoms. The van der Waals surface area contributed by atoms with Crippen LogP contribution in [0.2, 0.25) is 0 Å². The summed E-state index contributed by atoms with van der Waals surface area (Å²) in [5.74, 6) is -6.46. The third kappa shape index (κ3) is 3.66. The smallest absolute Gasteiger partial charge is 0.274 e. The zero-order valence-electron chi connectivity index (χ0n) is 19.7. The number of nitrogens with one attached hydrogen (secondary N) is 1. The van der Waals surface area contributed by atoms with Gasteiger partial charge in [0, 0.05) is 43.0 Å². The lowest BCUT2D eigenvalue weighted by Gasteiger charge is -2.42. The van der Waals surface area contributed by atoms with Crippen molar-refractivity contribution >= 4 is 17.5 Å². The van der Waals surface area contributed by atoms with Crippen LogP contribution in [-0.2, 0) is 11.4 Å². The van der Waals surface area contributed by atoms with E-state index < -0.39 is 81.6 Å². The number of carbonyl (C=O) groups is 2. The summed E-state index contributed by atoms with van der Waals surface area (Å²) >= 11 is 0. The lowest BCUT2D eigenvalue weighted by atomic mass is 9.82. The Morgan fingerprint density at radius 2 is 1.95 bits per heavy atom. The van der Waals surface area contributed by atoms with Crippen LogP contribution in [0.15, 0.2) is 28.3 Å². The molecule has 196 valence electrons. The number of halogens is 4. The number of alkyl halides is 1. The number of amides is 2. The molecule has 1 saturated heterocycles. The number of aromatic nitrogens is 1. The standard InChI is InChI=1S/C24H22F4N4O5/c1-10-3-4-24(21(28)11(2)30-37-24)17-9-31(10)23(36)18-20(34)19(33)14(8-32(17)18)22(35)29-7-13-15(26)5-12(25)6-16(13)27/h5-6,8,10,17,21,34H,3-4,7,9H2,1-2H3,(H,29,35)/t10-,17+,21+,24+/m0/s1. The number of nitrogens with zero attached hydrogens (tertiary/aromatic N) is 3. The van der Waals surface area contributed by atoms with Crippen LogP contribution in [0.3, 0.4) is 0 Å². The van der Waals surface area contributed by atoms with E-state index >= 15 is 4.39 Å². The van der Waals surface area contributed by atoms with E-state index in [1.54, 1.807) is 6.92 Å². The molecular weight excluding hydrogens is 500 g/mol. The summed E-state index contributed by atoms with van der Waals surface area (Å²) in [6, 6.07) is -0.454. The summed E-state index contributed by atoms with van der Waals surface area (Å²) in [7, 11) is 0. The number of pyridine rings is 1. The van der Waals surface area contributed by atoms with Crippen molar-refractivity contribution in [3.8, 4) is 5.75 Å². The predicted molar refractivity (Wildman–Crippen MR) is 120 cm³/mol. The second-order valence-corrected chi connectivity index (χ2v) is 9.51. The van der Waals surface area contributed by atoms with Crippen LogP contribution in [0.25, 0.3) is 0 Å². The van der Waals surface area contributed by atoms with Crippen LogP contribution in [0.5, 0.6) is 5.75 Å². The summed E-state index contributed by atoms with van der Waals surface area (Å²) in [5, 5.41) is 16.7. The monoisotopic (exact) mass is 522 g/mol. The lowest BCUT2D eigenvalue weighted by Crippen LogP contribution is -2.55. The molecule has 0 saturated carbocycles. The third-order valence-corrected chi connectivity index (χ3v) is 7.36. The molecule has 1 aromatic heterocycles. The second-order valence-electron chi connectivity index (χ2n) is 9.51. The number of rotatable bonds is 3. The summed E-state index contributed by atoms with van der Waals surface area (Å²) < 4.78 is 57.8. The fourth-order valence-corrected chi connectivity index (χ4v) is 5.27. The largest absolute Gasteiger partial charge is 0.503 e. The van der Waals surface area contributed by atoms with Crippen molar-refractivity contribution in [1.82, 2.24) is 14.8 Å². The van der Waals surface area contributed by atoms with E-state index in [1.165, 1.54) is 11.8 Å². The minimum atomic E-state index is -1.66. The van der Waals surface area contributed by atoms with E-state index in [9.17, 15) is 32.7 Å². The summed E-state index contributed by atoms with van der Waals surface area (Å²) in [5.41, 5.74) is -4.39. The normalized spacial score (nSPS) is 26.4. The highest BCUT2D eigenvalue weighted by Gasteiger charge is 2.59. The Kier molecular flexibility index (Phi) is 5.76. The van der Waals surface area contributed by atoms with E-state index in [0.29, 0.717) is 18.6 Å². The van der Waals surface area contributed by atoms with Gasteiger partial charge in [-0.25, -0.2) is 17.6 Å². The number of aromatic hydroxyl groups is 1. The topological polar surface area (TPSA) is 113 Å². The number of fused-ring (bicyclic) bond motifs is 5. The first-order chi connectivity index (χ1) is 17.5. The molecule has 3 aliphatic rings. The number of oxime groups is 1. The Hall–Kier alpha value is -3.90. The van der Waals surface area contributed by atoms with E-state index in [-0.39, 0.29) is 24.7 Å². The van der Waals surface area contributed by atoms with E-state index in [2.05, 4.69) is 10.5 Å². The molecule has 2 aromatic rings. The molecule has 1 aromatic carbocycles. The molecule has 0 radical (unpaired) electrons. The molecule has 4 atom stereocenters. The van der Waals surface area contributed by atoms with Gasteiger partial charge in [-0.1, -0.05) is 5.16 Å². The Bertz CT molecular complexity index is 1400. The van der Waals surface area contributed by atoms with Crippen LogP contribution >= 0.6 is 0 Å². The van der Waals surface area contributed by atoms with Crippen LogP contribution in [0, 0.1) is 17.5 Å². The molecular formula is C24H22F4N4O5. The lowest BCUT2D eigenvalue weighted by molar-refractivity contribution is -0.0956. The first-order valence-electron chi connectivity index (χ1n) is 11.5. The number of hydrogen-bond acceptors (Lipinski definition) is 6. The molecule has 0 aliphatic carbocycles. The number of hydrogen-bond donors (Lipinski definition) is 2. The van der Waals surface area contributed by atoms with Crippen molar-refractivity contribution < 1.29 is 37.1 Å². The molecule has 5 rings (SSSR count). The zero-order valence-corrected chi connectivity index (χ0v) is 19.7. The van der Waals surface area contributed by atoms with Gasteiger partial charge in [-0.2, -0.15) is 0 Å². The van der Waals surface area contributed by atoms with E-state index in [0.717, 1.165) is 10.8 Å². The first kappa shape index (κ1) is 24.8. The highest BCUT2D eigenvalue weighted by Crippen LogP contribution is 2.47. The molecule has 2 amide bonds. The van der Waals surface area contributed by atoms with Crippen molar-refractivity contribution in [2.75, 3.05) is 6.54 Å². The average Bonchev–Trinajstić information content (AvgIpc) is 3.05. The molecule has 9 nitrogen and oxygen atoms in total. The first-order valence-corrected chi connectivity index (χ1v) is 11.5. The highest BCUT2D eigenvalue weighted by atomic mass is 19.1. The second kappa shape index (κ2) is 8.60. The summed E-state index contributed by atoms with van der Waals surface area (Å²) in [4.78, 5) is 46.1. The van der Waals surface area contributed by atoms with Gasteiger partial charge in [-0.15, -0.1) is 0 Å². The van der Waals surface area contributed by atoms with Gasteiger partial charge < -0.3 is 24.7 Å². The Morgan fingerprint density at radius 3 is 2.57 bits per heavy atom. The maximum atomic E-state index is 15.5. The SMILES string of the molecule is CC1=NO[C@@]2(CC[C@H](C)N3C[C@H]2n2cc(C(=O)NCc4c(F)cc(F)cc4F)c(=O)c(O)c2C3=O)[C@@H]1F. The van der Waals surface area contributed by atoms with Crippen LogP contribution in [0.1, 0.15) is 59.1 Å². The van der Waals surface area contributed by atoms with Gasteiger partial charge in [0.2, 0.25) is 5.43 Å². The molecule has 0 unspecified atom stereocenters. The van der Waals surface area contributed by atoms with Gasteiger partial charge in [0.05, 0.1) is 11.8 Å². The van der Waals surface area contributed by atoms with Crippen LogP contribution < -0.4 is 10.7 Å². The van der Waals surface area contributed by atoms with Crippen molar-refractivity contribution in [2.24, 2.45) is 5.16 Å². The quantitative estimate of drug-likeness (QED) is 0.602. The molecule has 13 heteroatoms. The molecule has 4 heterocycles. The predicted octanol–water partition coefficient (Wildman–Crippen LogP) is 2.56. The van der Waals surface area contributed by atoms with Crippen molar-refractivity contribution in [2.45, 2.75) is 57.1 Å². The third-order valence-electron chi connectivity index (χ3n) is 7.36. The van der Waals surface area contributed by atoms with Crippen molar-refractivity contribution in [3.63, 3.8) is 0 Å². The van der Waals surface area contributed by atoms with Gasteiger partial charge in [-0.05, 0) is 26.7 Å². The Labute approximate surface area is 207 Å². The van der Waals surface area contributed by atoms with Crippen LogP contribution in [-0.4, -0.2) is 56.5 Å².